The number of anilines is 1. The smallest absolute Gasteiger partial charge is 0.227 e. The summed E-state index contributed by atoms with van der Waals surface area (Å²) in [7, 11) is 1.62. The number of nitrogens with two attached hydrogens (primary N) is 1. The highest BCUT2D eigenvalue weighted by Gasteiger charge is 2.23. The van der Waals surface area contributed by atoms with Crippen LogP contribution in [0.3, 0.4) is 0 Å². The molecular formula is C15H21N3O2S. The molecule has 1 atom stereocenters. The van der Waals surface area contributed by atoms with Crippen LogP contribution in [0.2, 0.25) is 0 Å². The lowest BCUT2D eigenvalue weighted by Crippen LogP contribution is -2.38. The molecule has 0 spiro atoms. The monoisotopic (exact) mass is 307 g/mol. The molecule has 5 nitrogen and oxygen atoms in total. The van der Waals surface area contributed by atoms with Crippen LogP contribution in [0.1, 0.15) is 27.2 Å². The van der Waals surface area contributed by atoms with Gasteiger partial charge in [-0.1, -0.05) is 32.1 Å². The number of hydrogen-bond acceptors (Lipinski definition) is 5. The Hall–Kier alpha value is -1.66. The highest BCUT2D eigenvalue weighted by Crippen LogP contribution is 2.29. The number of amides is 1. The molecule has 114 valence electrons. The maximum Gasteiger partial charge on any atom is 0.227 e. The standard InChI is InChI=1S/C15H21N3O2S/c1-15(2,3)12(16)8-13(19)18-14-17-10-6-5-9(20-4)7-11(10)21-14/h5-7,12H,8,16H2,1-4H3,(H,17,18,19). The van der Waals surface area contributed by atoms with E-state index in [0.717, 1.165) is 16.0 Å². The highest BCUT2D eigenvalue weighted by atomic mass is 32.1. The molecular weight excluding hydrogens is 286 g/mol. The first-order chi connectivity index (χ1) is 9.79. The van der Waals surface area contributed by atoms with Gasteiger partial charge in [0.25, 0.3) is 0 Å². The van der Waals surface area contributed by atoms with E-state index in [2.05, 4.69) is 10.3 Å². The topological polar surface area (TPSA) is 77.2 Å². The van der Waals surface area contributed by atoms with E-state index in [1.54, 1.807) is 7.11 Å². The van der Waals surface area contributed by atoms with Crippen molar-refractivity contribution in [2.45, 2.75) is 33.2 Å². The molecule has 0 saturated carbocycles. The van der Waals surface area contributed by atoms with Gasteiger partial charge < -0.3 is 15.8 Å². The number of carbonyl (C=O) groups is 1. The summed E-state index contributed by atoms with van der Waals surface area (Å²) in [6.45, 7) is 6.07. The summed E-state index contributed by atoms with van der Waals surface area (Å²) in [5.41, 5.74) is 6.77. The minimum atomic E-state index is -0.188. The molecule has 0 aliphatic rings. The minimum Gasteiger partial charge on any atom is -0.497 e. The molecule has 0 radical (unpaired) electrons. The average molecular weight is 307 g/mol. The molecule has 2 rings (SSSR count). The van der Waals surface area contributed by atoms with Crippen LogP contribution in [0, 0.1) is 5.41 Å². The maximum absolute atomic E-state index is 12.0. The van der Waals surface area contributed by atoms with Gasteiger partial charge in [0, 0.05) is 12.5 Å². The van der Waals surface area contributed by atoms with Gasteiger partial charge in [0.2, 0.25) is 5.91 Å². The van der Waals surface area contributed by atoms with Crippen molar-refractivity contribution in [2.24, 2.45) is 11.1 Å². The lowest BCUT2D eigenvalue weighted by atomic mass is 9.85. The van der Waals surface area contributed by atoms with Crippen LogP contribution >= 0.6 is 11.3 Å². The zero-order chi connectivity index (χ0) is 15.6. The van der Waals surface area contributed by atoms with Crippen LogP contribution in [0.15, 0.2) is 18.2 Å². The van der Waals surface area contributed by atoms with Crippen molar-refractivity contribution in [3.05, 3.63) is 18.2 Å². The fourth-order valence-corrected chi connectivity index (χ4v) is 2.67. The maximum atomic E-state index is 12.0. The average Bonchev–Trinajstić information content (AvgIpc) is 2.78. The zero-order valence-corrected chi connectivity index (χ0v) is 13.6. The van der Waals surface area contributed by atoms with Crippen LogP contribution in [-0.2, 0) is 4.79 Å². The van der Waals surface area contributed by atoms with Gasteiger partial charge in [0.05, 0.1) is 17.3 Å². The first-order valence-electron chi connectivity index (χ1n) is 6.79. The third kappa shape index (κ3) is 3.92. The summed E-state index contributed by atoms with van der Waals surface area (Å²) < 4.78 is 6.15. The van der Waals surface area contributed by atoms with E-state index in [-0.39, 0.29) is 23.8 Å². The third-order valence-electron chi connectivity index (χ3n) is 3.36. The van der Waals surface area contributed by atoms with Crippen molar-refractivity contribution in [3.63, 3.8) is 0 Å². The number of carbonyl (C=O) groups excluding carboxylic acids is 1. The Labute approximate surface area is 128 Å². The van der Waals surface area contributed by atoms with Crippen molar-refractivity contribution in [1.29, 1.82) is 0 Å². The number of ether oxygens (including phenoxy) is 1. The SMILES string of the molecule is COc1ccc2nc(NC(=O)CC(N)C(C)(C)C)sc2c1. The fraction of sp³-hybridized carbons (Fsp3) is 0.467. The van der Waals surface area contributed by atoms with Gasteiger partial charge >= 0.3 is 0 Å². The first-order valence-corrected chi connectivity index (χ1v) is 7.61. The van der Waals surface area contributed by atoms with E-state index >= 15 is 0 Å². The molecule has 2 aromatic rings. The van der Waals surface area contributed by atoms with E-state index in [1.807, 2.05) is 39.0 Å². The zero-order valence-electron chi connectivity index (χ0n) is 12.8. The molecule has 1 amide bonds. The van der Waals surface area contributed by atoms with Crippen molar-refractivity contribution in [1.82, 2.24) is 4.98 Å². The number of benzene rings is 1. The Bertz CT molecular complexity index is 646. The number of nitrogens with zero attached hydrogens (tertiary/aromatic N) is 1. The second-order valence-electron chi connectivity index (χ2n) is 6.08. The van der Waals surface area contributed by atoms with E-state index in [4.69, 9.17) is 10.5 Å². The van der Waals surface area contributed by atoms with Gasteiger partial charge in [-0.25, -0.2) is 4.98 Å². The van der Waals surface area contributed by atoms with Crippen LogP contribution in [-0.4, -0.2) is 24.0 Å². The second-order valence-corrected chi connectivity index (χ2v) is 7.11. The molecule has 1 heterocycles. The molecule has 1 aromatic heterocycles. The summed E-state index contributed by atoms with van der Waals surface area (Å²) in [6, 6.07) is 5.44. The summed E-state index contributed by atoms with van der Waals surface area (Å²) >= 11 is 1.43. The predicted molar refractivity (Wildman–Crippen MR) is 86.8 cm³/mol. The van der Waals surface area contributed by atoms with Gasteiger partial charge in [-0.3, -0.25) is 4.79 Å². The number of methoxy groups -OCH3 is 1. The lowest BCUT2D eigenvalue weighted by molar-refractivity contribution is -0.117. The number of aromatic nitrogens is 1. The van der Waals surface area contributed by atoms with E-state index in [0.29, 0.717) is 5.13 Å². The fourth-order valence-electron chi connectivity index (χ4n) is 1.76. The van der Waals surface area contributed by atoms with Gasteiger partial charge in [-0.05, 0) is 23.6 Å². The molecule has 1 aromatic carbocycles. The van der Waals surface area contributed by atoms with Crippen LogP contribution in [0.25, 0.3) is 10.2 Å². The molecule has 3 N–H and O–H groups in total. The molecule has 0 aliphatic carbocycles. The Morgan fingerprint density at radius 1 is 1.48 bits per heavy atom. The first kappa shape index (κ1) is 15.7. The molecule has 0 fully saturated rings. The van der Waals surface area contributed by atoms with Crippen LogP contribution in [0.5, 0.6) is 5.75 Å². The lowest BCUT2D eigenvalue weighted by Gasteiger charge is -2.26. The Kier molecular flexibility index (Phi) is 4.49. The van der Waals surface area contributed by atoms with Crippen LogP contribution in [0.4, 0.5) is 5.13 Å². The molecule has 6 heteroatoms. The summed E-state index contributed by atoms with van der Waals surface area (Å²) in [5, 5.41) is 3.41. The van der Waals surface area contributed by atoms with Crippen LogP contribution < -0.4 is 15.8 Å². The van der Waals surface area contributed by atoms with Gasteiger partial charge in [0.1, 0.15) is 5.75 Å². The molecule has 0 bridgehead atoms. The summed E-state index contributed by atoms with van der Waals surface area (Å²) in [4.78, 5) is 16.4. The van der Waals surface area contributed by atoms with Crippen molar-refractivity contribution in [2.75, 3.05) is 12.4 Å². The predicted octanol–water partition coefficient (Wildman–Crippen LogP) is 3.01. The highest BCUT2D eigenvalue weighted by molar-refractivity contribution is 7.22. The summed E-state index contributed by atoms with van der Waals surface area (Å²) in [6.07, 6.45) is 0.281. The van der Waals surface area contributed by atoms with Crippen molar-refractivity contribution < 1.29 is 9.53 Å². The van der Waals surface area contributed by atoms with E-state index in [1.165, 1.54) is 11.3 Å². The van der Waals surface area contributed by atoms with Crippen molar-refractivity contribution >= 4 is 32.6 Å². The molecule has 0 aliphatic heterocycles. The van der Waals surface area contributed by atoms with Crippen molar-refractivity contribution in [3.8, 4) is 5.75 Å². The minimum absolute atomic E-state index is 0.0989. The molecule has 21 heavy (non-hydrogen) atoms. The largest absolute Gasteiger partial charge is 0.497 e. The number of nitrogens with one attached hydrogen (secondary N) is 1. The Morgan fingerprint density at radius 3 is 2.81 bits per heavy atom. The third-order valence-corrected chi connectivity index (χ3v) is 4.29. The van der Waals surface area contributed by atoms with Gasteiger partial charge in [0.15, 0.2) is 5.13 Å². The van der Waals surface area contributed by atoms with E-state index in [9.17, 15) is 4.79 Å². The van der Waals surface area contributed by atoms with Gasteiger partial charge in [-0.2, -0.15) is 0 Å². The Morgan fingerprint density at radius 2 is 2.19 bits per heavy atom. The summed E-state index contributed by atoms with van der Waals surface area (Å²) in [5.74, 6) is 0.669. The quantitative estimate of drug-likeness (QED) is 0.910. The Balaban J connectivity index is 2.07. The normalized spacial score (nSPS) is 13.2. The number of hydrogen-bond donors (Lipinski definition) is 2. The number of fused-ring (bicyclic) bond motifs is 1. The number of rotatable bonds is 4. The second kappa shape index (κ2) is 5.99. The number of thiazole rings is 1. The van der Waals surface area contributed by atoms with E-state index < -0.39 is 0 Å². The molecule has 1 unspecified atom stereocenters. The van der Waals surface area contributed by atoms with Gasteiger partial charge in [-0.15, -0.1) is 0 Å². The molecule has 0 saturated heterocycles.